The van der Waals surface area contributed by atoms with Crippen LogP contribution in [-0.4, -0.2) is 36.5 Å². The van der Waals surface area contributed by atoms with Gasteiger partial charge in [-0.25, -0.2) is 0 Å². The summed E-state index contributed by atoms with van der Waals surface area (Å²) in [6, 6.07) is 13.0. The van der Waals surface area contributed by atoms with Crippen molar-refractivity contribution in [3.8, 4) is 5.69 Å². The number of nitrogens with one attached hydrogen (secondary N) is 1. The van der Waals surface area contributed by atoms with Gasteiger partial charge < -0.3 is 5.32 Å². The quantitative estimate of drug-likeness (QED) is 0.420. The summed E-state index contributed by atoms with van der Waals surface area (Å²) in [7, 11) is 0. The van der Waals surface area contributed by atoms with Crippen LogP contribution in [0.3, 0.4) is 0 Å². The van der Waals surface area contributed by atoms with Crippen LogP contribution in [0.1, 0.15) is 76.0 Å². The van der Waals surface area contributed by atoms with Gasteiger partial charge in [-0.2, -0.15) is 9.78 Å². The van der Waals surface area contributed by atoms with E-state index in [2.05, 4.69) is 96.5 Å². The van der Waals surface area contributed by atoms with E-state index >= 15 is 0 Å². The number of rotatable bonds is 7. The fourth-order valence-corrected chi connectivity index (χ4v) is 5.66. The van der Waals surface area contributed by atoms with Gasteiger partial charge in [0, 0.05) is 12.2 Å². The van der Waals surface area contributed by atoms with E-state index in [9.17, 15) is 0 Å². The predicted octanol–water partition coefficient (Wildman–Crippen LogP) is 4.83. The zero-order valence-electron chi connectivity index (χ0n) is 21.6. The lowest BCUT2D eigenvalue weighted by atomic mass is 9.93. The molecule has 2 aromatic heterocycles. The van der Waals surface area contributed by atoms with E-state index in [1.807, 2.05) is 11.6 Å². The third-order valence-corrected chi connectivity index (χ3v) is 7.35. The van der Waals surface area contributed by atoms with Crippen molar-refractivity contribution in [1.29, 1.82) is 0 Å². The number of para-hydroxylation sites is 1. The lowest BCUT2D eigenvalue weighted by molar-refractivity contribution is 0.420. The number of hydrogen-bond acceptors (Lipinski definition) is 5. The van der Waals surface area contributed by atoms with Gasteiger partial charge in [-0.15, -0.1) is 5.10 Å². The average molecular weight is 470 g/mol. The Bertz CT molecular complexity index is 1340. The smallest absolute Gasteiger partial charge is 0.178 e. The van der Waals surface area contributed by atoms with Gasteiger partial charge in [0.25, 0.3) is 0 Å². The molecule has 0 aliphatic heterocycles. The molecular weight excluding hydrogens is 434 g/mol. The van der Waals surface area contributed by atoms with Crippen LogP contribution >= 0.6 is 0 Å². The fraction of sp³-hybridized carbons (Fsp3) is 0.429. The number of fused-ring (bicyclic) bond motifs is 1. The van der Waals surface area contributed by atoms with Crippen molar-refractivity contribution in [3.05, 3.63) is 87.0 Å². The number of benzene rings is 2. The second kappa shape index (κ2) is 9.38. The van der Waals surface area contributed by atoms with Gasteiger partial charge in [0.15, 0.2) is 5.82 Å². The minimum Gasteiger partial charge on any atom is -0.301 e. The molecule has 0 fully saturated rings. The molecule has 2 aromatic carbocycles. The average Bonchev–Trinajstić information content (AvgIpc) is 3.56. The molecule has 1 aliphatic rings. The monoisotopic (exact) mass is 469 g/mol. The molecular formula is C28H35N7. The Labute approximate surface area is 207 Å². The molecule has 7 nitrogen and oxygen atoms in total. The van der Waals surface area contributed by atoms with E-state index in [4.69, 9.17) is 5.10 Å². The molecule has 182 valence electrons. The van der Waals surface area contributed by atoms with Crippen molar-refractivity contribution in [2.24, 2.45) is 0 Å². The van der Waals surface area contributed by atoms with E-state index in [1.54, 1.807) is 0 Å². The Morgan fingerprint density at radius 1 is 0.943 bits per heavy atom. The SMILES string of the molecule is Cc1cc(C)n(C(C)CNC(c2ccc(C)c3c2CCC3)c2nnnn2-c2c(C)cccc2C)n1. The molecule has 1 N–H and O–H groups in total. The van der Waals surface area contributed by atoms with Crippen molar-refractivity contribution in [1.82, 2.24) is 35.3 Å². The van der Waals surface area contributed by atoms with Gasteiger partial charge in [-0.05, 0) is 111 Å². The van der Waals surface area contributed by atoms with Gasteiger partial charge in [-0.1, -0.05) is 30.3 Å². The van der Waals surface area contributed by atoms with E-state index < -0.39 is 0 Å². The van der Waals surface area contributed by atoms with Crippen molar-refractivity contribution in [2.45, 2.75) is 72.9 Å². The maximum absolute atomic E-state index is 4.71. The summed E-state index contributed by atoms with van der Waals surface area (Å²) in [5.74, 6) is 0.820. The van der Waals surface area contributed by atoms with Crippen molar-refractivity contribution in [2.75, 3.05) is 6.54 Å². The van der Waals surface area contributed by atoms with Crippen LogP contribution in [0.15, 0.2) is 36.4 Å². The van der Waals surface area contributed by atoms with Gasteiger partial charge in [-0.3, -0.25) is 4.68 Å². The second-order valence-corrected chi connectivity index (χ2v) is 10.0. The van der Waals surface area contributed by atoms with E-state index in [1.165, 1.54) is 34.4 Å². The molecule has 5 rings (SSSR count). The molecule has 7 heteroatoms. The van der Waals surface area contributed by atoms with Crippen LogP contribution in [0.5, 0.6) is 0 Å². The van der Waals surface area contributed by atoms with Gasteiger partial charge in [0.05, 0.1) is 23.5 Å². The van der Waals surface area contributed by atoms with Crippen LogP contribution < -0.4 is 5.32 Å². The van der Waals surface area contributed by atoms with Crippen LogP contribution in [0.4, 0.5) is 0 Å². The van der Waals surface area contributed by atoms with Gasteiger partial charge >= 0.3 is 0 Å². The minimum absolute atomic E-state index is 0.129. The lowest BCUT2D eigenvalue weighted by Gasteiger charge is -2.25. The van der Waals surface area contributed by atoms with Gasteiger partial charge in [0.2, 0.25) is 0 Å². The summed E-state index contributed by atoms with van der Waals surface area (Å²) in [6.45, 7) is 13.6. The van der Waals surface area contributed by atoms with Crippen LogP contribution in [0.2, 0.25) is 0 Å². The molecule has 0 saturated heterocycles. The zero-order valence-corrected chi connectivity index (χ0v) is 21.6. The number of tetrazole rings is 1. The predicted molar refractivity (Wildman–Crippen MR) is 138 cm³/mol. The number of aromatic nitrogens is 6. The second-order valence-electron chi connectivity index (χ2n) is 10.0. The van der Waals surface area contributed by atoms with Crippen LogP contribution in [0.25, 0.3) is 5.69 Å². The largest absolute Gasteiger partial charge is 0.301 e. The minimum atomic E-state index is -0.129. The Kier molecular flexibility index (Phi) is 6.28. The molecule has 35 heavy (non-hydrogen) atoms. The van der Waals surface area contributed by atoms with Crippen molar-refractivity contribution >= 4 is 0 Å². The number of aryl methyl sites for hydroxylation is 5. The molecule has 0 amide bonds. The Balaban J connectivity index is 1.58. The number of nitrogens with zero attached hydrogens (tertiary/aromatic N) is 6. The summed E-state index contributed by atoms with van der Waals surface area (Å²) >= 11 is 0. The van der Waals surface area contributed by atoms with Gasteiger partial charge in [0.1, 0.15) is 0 Å². The molecule has 4 aromatic rings. The summed E-state index contributed by atoms with van der Waals surface area (Å²) in [4.78, 5) is 0. The first-order chi connectivity index (χ1) is 16.8. The first-order valence-electron chi connectivity index (χ1n) is 12.6. The normalized spacial score (nSPS) is 14.8. The van der Waals surface area contributed by atoms with E-state index in [0.29, 0.717) is 0 Å². The Morgan fingerprint density at radius 2 is 1.69 bits per heavy atom. The summed E-state index contributed by atoms with van der Waals surface area (Å²) < 4.78 is 4.03. The molecule has 0 saturated carbocycles. The highest BCUT2D eigenvalue weighted by Crippen LogP contribution is 2.35. The molecule has 2 atom stereocenters. The van der Waals surface area contributed by atoms with Crippen molar-refractivity contribution < 1.29 is 0 Å². The third kappa shape index (κ3) is 4.29. The third-order valence-electron chi connectivity index (χ3n) is 7.35. The topological polar surface area (TPSA) is 73.5 Å². The molecule has 0 radical (unpaired) electrons. The Hall–Kier alpha value is -3.32. The van der Waals surface area contributed by atoms with Crippen LogP contribution in [-0.2, 0) is 12.8 Å². The molecule has 1 aliphatic carbocycles. The number of hydrogen-bond donors (Lipinski definition) is 1. The molecule has 2 heterocycles. The Morgan fingerprint density at radius 3 is 2.40 bits per heavy atom. The molecule has 0 bridgehead atoms. The highest BCUT2D eigenvalue weighted by Gasteiger charge is 2.29. The zero-order chi connectivity index (χ0) is 24.7. The summed E-state index contributed by atoms with van der Waals surface area (Å²) in [5.41, 5.74) is 11.2. The highest BCUT2D eigenvalue weighted by molar-refractivity contribution is 5.49. The molecule has 0 spiro atoms. The van der Waals surface area contributed by atoms with Crippen LogP contribution in [0, 0.1) is 34.6 Å². The maximum atomic E-state index is 4.71. The first-order valence-corrected chi connectivity index (χ1v) is 12.6. The van der Waals surface area contributed by atoms with E-state index in [-0.39, 0.29) is 12.1 Å². The maximum Gasteiger partial charge on any atom is 0.178 e. The highest BCUT2D eigenvalue weighted by atomic mass is 15.5. The molecule has 2 unspecified atom stereocenters. The van der Waals surface area contributed by atoms with E-state index in [0.717, 1.165) is 47.7 Å². The first kappa shape index (κ1) is 23.4. The summed E-state index contributed by atoms with van der Waals surface area (Å²) in [6.07, 6.45) is 3.44. The van der Waals surface area contributed by atoms with Crippen molar-refractivity contribution in [3.63, 3.8) is 0 Å². The lowest BCUT2D eigenvalue weighted by Crippen LogP contribution is -2.32. The fourth-order valence-electron chi connectivity index (χ4n) is 5.66. The summed E-state index contributed by atoms with van der Waals surface area (Å²) in [5, 5.41) is 21.8. The standard InChI is InChI=1S/C28H35N7/c1-17-13-14-25(24-12-8-11-23(17)24)26(29-16-22(6)34-21(5)15-20(4)31-34)28-30-32-33-35(28)27-18(2)9-7-10-19(27)3/h7,9-10,13-15,22,26,29H,8,11-12,16H2,1-6H3.